The highest BCUT2D eigenvalue weighted by atomic mass is 19.1. The topological polar surface area (TPSA) is 90.5 Å². The van der Waals surface area contributed by atoms with Gasteiger partial charge < -0.3 is 25.2 Å². The molecule has 0 radical (unpaired) electrons. The molecular formula is C28H47FN6O3. The molecule has 10 heteroatoms. The average molecular weight is 535 g/mol. The van der Waals surface area contributed by atoms with E-state index in [4.69, 9.17) is 9.57 Å². The lowest BCUT2D eigenvalue weighted by Gasteiger charge is -2.37. The molecule has 0 spiro atoms. The van der Waals surface area contributed by atoms with Gasteiger partial charge in [0.2, 0.25) is 5.91 Å². The van der Waals surface area contributed by atoms with Crippen LogP contribution in [0.25, 0.3) is 0 Å². The van der Waals surface area contributed by atoms with Crippen molar-refractivity contribution in [3.8, 4) is 0 Å². The first-order valence-electron chi connectivity index (χ1n) is 14.0. The summed E-state index contributed by atoms with van der Waals surface area (Å²) in [5, 5.41) is 6.83. The van der Waals surface area contributed by atoms with Crippen molar-refractivity contribution in [3.63, 3.8) is 0 Å². The van der Waals surface area contributed by atoms with E-state index in [2.05, 4.69) is 50.5 Å². The maximum atomic E-state index is 14.9. The molecule has 3 aliphatic rings. The molecule has 2 heterocycles. The standard InChI is InChI=1S/C28H47FN6O3/c1-5-8-24(35-15-13-34(6-2)14-16-35)9-7-12-30-28-31-19-21(20-32-28)10-11-22-17-23(27(36)33-38-4)18-25(37-3)26(22)29/h5,8,21,23,25H,1,6-7,9-20H2,2-4H3,(H,33,36)(H2,30,31,32)/b24-8+/t23-,25-/m1/s1. The first-order valence-corrected chi connectivity index (χ1v) is 14.0. The lowest BCUT2D eigenvalue weighted by atomic mass is 9.83. The number of rotatable bonds is 13. The minimum absolute atomic E-state index is 0.222. The van der Waals surface area contributed by atoms with Crippen LogP contribution in [0.1, 0.15) is 45.4 Å². The Morgan fingerprint density at radius 1 is 1.29 bits per heavy atom. The number of allylic oxidation sites excluding steroid dienone is 4. The maximum Gasteiger partial charge on any atom is 0.247 e. The molecule has 0 aromatic rings. The van der Waals surface area contributed by atoms with E-state index in [0.717, 1.165) is 71.0 Å². The molecule has 3 atom stereocenters. The lowest BCUT2D eigenvalue weighted by molar-refractivity contribution is -0.137. The third-order valence-electron chi connectivity index (χ3n) is 7.83. The van der Waals surface area contributed by atoms with Crippen LogP contribution in [0, 0.1) is 11.8 Å². The molecule has 1 amide bonds. The van der Waals surface area contributed by atoms with Crippen LogP contribution in [-0.2, 0) is 14.4 Å². The molecule has 1 fully saturated rings. The summed E-state index contributed by atoms with van der Waals surface area (Å²) >= 11 is 0. The van der Waals surface area contributed by atoms with E-state index in [-0.39, 0.29) is 17.7 Å². The smallest absolute Gasteiger partial charge is 0.247 e. The van der Waals surface area contributed by atoms with Crippen LogP contribution >= 0.6 is 0 Å². The van der Waals surface area contributed by atoms with Crippen molar-refractivity contribution < 1.29 is 18.8 Å². The molecule has 1 aliphatic carbocycles. The Kier molecular flexibility index (Phi) is 12.6. The Morgan fingerprint density at radius 3 is 2.71 bits per heavy atom. The Morgan fingerprint density at radius 2 is 2.08 bits per heavy atom. The number of carbonyl (C=O) groups excluding carboxylic acids is 1. The first kappa shape index (κ1) is 30.1. The van der Waals surface area contributed by atoms with Crippen LogP contribution in [-0.4, -0.2) is 94.3 Å². The van der Waals surface area contributed by atoms with Gasteiger partial charge in [0.1, 0.15) is 11.9 Å². The molecule has 0 unspecified atom stereocenters. The van der Waals surface area contributed by atoms with Gasteiger partial charge in [0.25, 0.3) is 0 Å². The number of likely N-dealkylation sites (N-methyl/N-ethyl adjacent to an activating group) is 1. The fourth-order valence-electron chi connectivity index (χ4n) is 5.46. The summed E-state index contributed by atoms with van der Waals surface area (Å²) in [7, 11) is 2.88. The van der Waals surface area contributed by atoms with Gasteiger partial charge in [-0.2, -0.15) is 0 Å². The van der Waals surface area contributed by atoms with Gasteiger partial charge in [-0.3, -0.25) is 14.6 Å². The summed E-state index contributed by atoms with van der Waals surface area (Å²) in [6.45, 7) is 14.0. The zero-order valence-corrected chi connectivity index (χ0v) is 23.4. The van der Waals surface area contributed by atoms with Crippen molar-refractivity contribution in [1.82, 2.24) is 25.9 Å². The van der Waals surface area contributed by atoms with Crippen LogP contribution in [0.15, 0.2) is 40.8 Å². The molecule has 9 nitrogen and oxygen atoms in total. The molecule has 3 rings (SSSR count). The van der Waals surface area contributed by atoms with Crippen LogP contribution in [0.3, 0.4) is 0 Å². The van der Waals surface area contributed by atoms with Gasteiger partial charge in [0.05, 0.1) is 7.11 Å². The summed E-state index contributed by atoms with van der Waals surface area (Å²) in [5.74, 6) is 0.353. The second-order valence-electron chi connectivity index (χ2n) is 10.3. The van der Waals surface area contributed by atoms with Gasteiger partial charge in [0.15, 0.2) is 5.96 Å². The number of carbonyl (C=O) groups is 1. The van der Waals surface area contributed by atoms with Gasteiger partial charge in [-0.1, -0.05) is 19.6 Å². The number of piperazine rings is 1. The van der Waals surface area contributed by atoms with Crippen molar-refractivity contribution in [2.24, 2.45) is 16.8 Å². The minimum Gasteiger partial charge on any atom is -0.374 e. The number of halogens is 1. The van der Waals surface area contributed by atoms with Crippen molar-refractivity contribution in [2.45, 2.75) is 51.6 Å². The fraction of sp³-hybridized carbons (Fsp3) is 0.714. The molecule has 214 valence electrons. The largest absolute Gasteiger partial charge is 0.374 e. The van der Waals surface area contributed by atoms with Gasteiger partial charge >= 0.3 is 0 Å². The Labute approximate surface area is 227 Å². The van der Waals surface area contributed by atoms with E-state index < -0.39 is 6.10 Å². The first-order chi connectivity index (χ1) is 18.5. The van der Waals surface area contributed by atoms with E-state index in [1.807, 2.05) is 6.08 Å². The summed E-state index contributed by atoms with van der Waals surface area (Å²) < 4.78 is 20.2. The lowest BCUT2D eigenvalue weighted by Crippen LogP contribution is -2.46. The number of guanidine groups is 1. The summed E-state index contributed by atoms with van der Waals surface area (Å²) in [6, 6.07) is 0. The molecule has 0 aromatic carbocycles. The maximum absolute atomic E-state index is 14.9. The molecule has 1 saturated heterocycles. The molecule has 2 aliphatic heterocycles. The quantitative estimate of drug-likeness (QED) is 0.190. The molecule has 3 N–H and O–H groups in total. The fourth-order valence-corrected chi connectivity index (χ4v) is 5.46. The third-order valence-corrected chi connectivity index (χ3v) is 7.83. The van der Waals surface area contributed by atoms with Crippen molar-refractivity contribution >= 4 is 11.9 Å². The number of nitrogens with one attached hydrogen (secondary N) is 3. The molecule has 0 bridgehead atoms. The van der Waals surface area contributed by atoms with E-state index in [1.54, 1.807) is 0 Å². The summed E-state index contributed by atoms with van der Waals surface area (Å²) in [5.41, 5.74) is 4.41. The normalized spacial score (nSPS) is 25.1. The highest BCUT2D eigenvalue weighted by Crippen LogP contribution is 2.35. The number of hydrogen-bond donors (Lipinski definition) is 3. The number of methoxy groups -OCH3 is 1. The van der Waals surface area contributed by atoms with Crippen LogP contribution in [0.5, 0.6) is 0 Å². The van der Waals surface area contributed by atoms with E-state index in [0.29, 0.717) is 37.3 Å². The number of aliphatic imine (C=N–C) groups is 1. The zero-order chi connectivity index (χ0) is 27.3. The predicted molar refractivity (Wildman–Crippen MR) is 149 cm³/mol. The highest BCUT2D eigenvalue weighted by molar-refractivity contribution is 5.80. The van der Waals surface area contributed by atoms with Gasteiger partial charge in [-0.05, 0) is 62.6 Å². The number of nitrogens with zero attached hydrogens (tertiary/aromatic N) is 3. The number of hydroxylamine groups is 1. The number of hydrogen-bond acceptors (Lipinski definition) is 8. The van der Waals surface area contributed by atoms with E-state index in [1.165, 1.54) is 19.9 Å². The van der Waals surface area contributed by atoms with E-state index >= 15 is 0 Å². The summed E-state index contributed by atoms with van der Waals surface area (Å²) in [4.78, 5) is 26.7. The Bertz CT molecular complexity index is 869. The van der Waals surface area contributed by atoms with Gasteiger partial charge in [-0.15, -0.1) is 0 Å². The molecule has 0 saturated carbocycles. The highest BCUT2D eigenvalue weighted by Gasteiger charge is 2.34. The minimum atomic E-state index is -0.674. The predicted octanol–water partition coefficient (Wildman–Crippen LogP) is 2.75. The SMILES string of the molecule is C=C/C=C(\CCCNC1=NC[C@H](CCC2=C(F)[C@H](OC)C[C@H](C(=O)NOC)C2)CN1)N1CCN(CC)CC1. The van der Waals surface area contributed by atoms with E-state index in [9.17, 15) is 9.18 Å². The Balaban J connectivity index is 1.39. The molecule has 0 aromatic heterocycles. The average Bonchev–Trinajstić information content (AvgIpc) is 2.95. The molecular weight excluding hydrogens is 487 g/mol. The van der Waals surface area contributed by atoms with Gasteiger partial charge in [-0.25, -0.2) is 9.87 Å². The molecule has 38 heavy (non-hydrogen) atoms. The third kappa shape index (κ3) is 8.81. The van der Waals surface area contributed by atoms with Crippen molar-refractivity contribution in [1.29, 1.82) is 0 Å². The Hall–Kier alpha value is -2.43. The van der Waals surface area contributed by atoms with Gasteiger partial charge in [0, 0.05) is 64.5 Å². The zero-order valence-electron chi connectivity index (χ0n) is 23.4. The second-order valence-corrected chi connectivity index (χ2v) is 10.3. The van der Waals surface area contributed by atoms with Crippen molar-refractivity contribution in [2.75, 3.05) is 66.6 Å². The number of ether oxygens (including phenoxy) is 1. The van der Waals surface area contributed by atoms with Crippen molar-refractivity contribution in [3.05, 3.63) is 35.8 Å². The monoisotopic (exact) mass is 534 g/mol. The van der Waals surface area contributed by atoms with Crippen LogP contribution < -0.4 is 16.1 Å². The number of amides is 1. The second kappa shape index (κ2) is 15.9. The van der Waals surface area contributed by atoms with Crippen LogP contribution in [0.4, 0.5) is 4.39 Å². The summed E-state index contributed by atoms with van der Waals surface area (Å²) in [6.07, 6.45) is 7.51. The van der Waals surface area contributed by atoms with Crippen LogP contribution in [0.2, 0.25) is 0 Å².